The third kappa shape index (κ3) is 2.18. The van der Waals surface area contributed by atoms with E-state index in [1.165, 1.54) is 0 Å². The van der Waals surface area contributed by atoms with E-state index in [0.717, 1.165) is 14.5 Å². The Morgan fingerprint density at radius 3 is 2.55 bits per heavy atom. The first-order valence-electron chi connectivity index (χ1n) is 2.89. The van der Waals surface area contributed by atoms with Crippen LogP contribution >= 0.6 is 43.5 Å². The van der Waals surface area contributed by atoms with Gasteiger partial charge in [-0.3, -0.25) is 0 Å². The van der Waals surface area contributed by atoms with Crippen LogP contribution in [0.4, 0.5) is 0 Å². The highest BCUT2D eigenvalue weighted by Gasteiger charge is 2.04. The minimum absolute atomic E-state index is 0.0141. The molecular weight excluding hydrogens is 295 g/mol. The van der Waals surface area contributed by atoms with Gasteiger partial charge in [0.05, 0.1) is 6.61 Å². The molecule has 1 aromatic rings. The molecule has 0 saturated heterocycles. The van der Waals surface area contributed by atoms with Crippen LogP contribution in [0.5, 0.6) is 0 Å². The van der Waals surface area contributed by atoms with Gasteiger partial charge in [-0.15, -0.1) is 0 Å². The molecule has 0 aliphatic heterocycles. The van der Waals surface area contributed by atoms with Crippen molar-refractivity contribution in [2.24, 2.45) is 0 Å². The van der Waals surface area contributed by atoms with Crippen molar-refractivity contribution >= 4 is 43.5 Å². The summed E-state index contributed by atoms with van der Waals surface area (Å²) >= 11 is 12.3. The summed E-state index contributed by atoms with van der Waals surface area (Å²) in [6, 6.07) is 3.49. The quantitative estimate of drug-likeness (QED) is 0.789. The van der Waals surface area contributed by atoms with E-state index in [0.29, 0.717) is 5.02 Å². The van der Waals surface area contributed by atoms with Gasteiger partial charge in [-0.05, 0) is 49.6 Å². The molecule has 0 amide bonds. The molecule has 0 fully saturated rings. The standard InChI is InChI=1S/C7H5Br2ClO/c8-6-2-5(10)1-4(3-11)7(6)9/h1-2,11H,3H2. The topological polar surface area (TPSA) is 20.2 Å². The fourth-order valence-electron chi connectivity index (χ4n) is 0.724. The monoisotopic (exact) mass is 298 g/mol. The Kier molecular flexibility index (Phi) is 3.37. The Labute approximate surface area is 86.6 Å². The first-order valence-corrected chi connectivity index (χ1v) is 4.86. The molecule has 0 unspecified atom stereocenters. The first-order chi connectivity index (χ1) is 5.15. The molecule has 0 atom stereocenters. The van der Waals surface area contributed by atoms with E-state index in [1.54, 1.807) is 12.1 Å². The number of aliphatic hydroxyl groups is 1. The van der Waals surface area contributed by atoms with Crippen molar-refractivity contribution in [1.82, 2.24) is 0 Å². The lowest BCUT2D eigenvalue weighted by molar-refractivity contribution is 0.281. The molecule has 1 nitrogen and oxygen atoms in total. The van der Waals surface area contributed by atoms with Crippen molar-refractivity contribution in [3.05, 3.63) is 31.7 Å². The van der Waals surface area contributed by atoms with E-state index in [2.05, 4.69) is 31.9 Å². The van der Waals surface area contributed by atoms with E-state index in [4.69, 9.17) is 16.7 Å². The summed E-state index contributed by atoms with van der Waals surface area (Å²) in [4.78, 5) is 0. The van der Waals surface area contributed by atoms with Gasteiger partial charge in [-0.25, -0.2) is 0 Å². The Bertz CT molecular complexity index is 275. The maximum absolute atomic E-state index is 8.86. The summed E-state index contributed by atoms with van der Waals surface area (Å²) in [5, 5.41) is 9.47. The highest BCUT2D eigenvalue weighted by molar-refractivity contribution is 9.13. The van der Waals surface area contributed by atoms with Crippen LogP contribution < -0.4 is 0 Å². The van der Waals surface area contributed by atoms with Crippen molar-refractivity contribution in [3.8, 4) is 0 Å². The SMILES string of the molecule is OCc1cc(Cl)cc(Br)c1Br. The largest absolute Gasteiger partial charge is 0.392 e. The lowest BCUT2D eigenvalue weighted by atomic mass is 10.2. The Hall–Kier alpha value is 0.430. The second kappa shape index (κ2) is 3.90. The van der Waals surface area contributed by atoms with Crippen LogP contribution in [0, 0.1) is 0 Å². The molecule has 0 aliphatic carbocycles. The van der Waals surface area contributed by atoms with Crippen molar-refractivity contribution < 1.29 is 5.11 Å². The van der Waals surface area contributed by atoms with Crippen molar-refractivity contribution in [2.45, 2.75) is 6.61 Å². The summed E-state index contributed by atoms with van der Waals surface area (Å²) in [7, 11) is 0. The van der Waals surface area contributed by atoms with Gasteiger partial charge in [0.2, 0.25) is 0 Å². The highest BCUT2D eigenvalue weighted by atomic mass is 79.9. The second-order valence-electron chi connectivity index (χ2n) is 2.02. The number of hydrogen-bond acceptors (Lipinski definition) is 1. The van der Waals surface area contributed by atoms with Gasteiger partial charge >= 0.3 is 0 Å². The second-order valence-corrected chi connectivity index (χ2v) is 4.10. The molecule has 0 heterocycles. The molecule has 60 valence electrons. The van der Waals surface area contributed by atoms with Crippen molar-refractivity contribution in [2.75, 3.05) is 0 Å². The van der Waals surface area contributed by atoms with Crippen LogP contribution in [0.1, 0.15) is 5.56 Å². The Morgan fingerprint density at radius 1 is 1.36 bits per heavy atom. The molecule has 4 heteroatoms. The van der Waals surface area contributed by atoms with Gasteiger partial charge in [0.25, 0.3) is 0 Å². The fraction of sp³-hybridized carbons (Fsp3) is 0.143. The predicted molar refractivity (Wildman–Crippen MR) is 52.8 cm³/mol. The average Bonchev–Trinajstić information content (AvgIpc) is 1.96. The number of halogens is 3. The zero-order valence-electron chi connectivity index (χ0n) is 5.44. The van der Waals surface area contributed by atoms with E-state index >= 15 is 0 Å². The van der Waals surface area contributed by atoms with Gasteiger partial charge in [0.1, 0.15) is 0 Å². The normalized spacial score (nSPS) is 10.2. The van der Waals surface area contributed by atoms with Crippen LogP contribution in [-0.2, 0) is 6.61 Å². The minimum atomic E-state index is -0.0141. The molecule has 0 aromatic heterocycles. The first kappa shape index (κ1) is 9.52. The molecular formula is C7H5Br2ClO. The van der Waals surface area contributed by atoms with Crippen LogP contribution in [0.15, 0.2) is 21.1 Å². The van der Waals surface area contributed by atoms with Gasteiger partial charge < -0.3 is 5.11 Å². The summed E-state index contributed by atoms with van der Waals surface area (Å²) in [5.74, 6) is 0. The lowest BCUT2D eigenvalue weighted by Gasteiger charge is -2.03. The van der Waals surface area contributed by atoms with Crippen molar-refractivity contribution in [3.63, 3.8) is 0 Å². The van der Waals surface area contributed by atoms with Crippen LogP contribution in [0.25, 0.3) is 0 Å². The summed E-state index contributed by atoms with van der Waals surface area (Å²) in [6.07, 6.45) is 0. The van der Waals surface area contributed by atoms with Crippen LogP contribution in [0.3, 0.4) is 0 Å². The van der Waals surface area contributed by atoms with Gasteiger partial charge in [-0.2, -0.15) is 0 Å². The minimum Gasteiger partial charge on any atom is -0.392 e. The third-order valence-corrected chi connectivity index (χ3v) is 3.55. The van der Waals surface area contributed by atoms with Gasteiger partial charge in [-0.1, -0.05) is 11.6 Å². The predicted octanol–water partition coefficient (Wildman–Crippen LogP) is 3.36. The lowest BCUT2D eigenvalue weighted by Crippen LogP contribution is -1.85. The van der Waals surface area contributed by atoms with E-state index < -0.39 is 0 Å². The van der Waals surface area contributed by atoms with Crippen LogP contribution in [-0.4, -0.2) is 5.11 Å². The molecule has 0 saturated carbocycles. The summed E-state index contributed by atoms with van der Waals surface area (Å²) in [6.45, 7) is -0.0141. The maximum atomic E-state index is 8.86. The smallest absolute Gasteiger partial charge is 0.0693 e. The molecule has 0 bridgehead atoms. The number of benzene rings is 1. The molecule has 11 heavy (non-hydrogen) atoms. The molecule has 1 rings (SSSR count). The molecule has 1 N–H and O–H groups in total. The van der Waals surface area contributed by atoms with E-state index in [-0.39, 0.29) is 6.61 Å². The van der Waals surface area contributed by atoms with E-state index in [1.807, 2.05) is 0 Å². The third-order valence-electron chi connectivity index (χ3n) is 1.24. The molecule has 0 aliphatic rings. The zero-order chi connectivity index (χ0) is 8.43. The Morgan fingerprint density at radius 2 is 2.00 bits per heavy atom. The summed E-state index contributed by atoms with van der Waals surface area (Å²) in [5.41, 5.74) is 0.782. The maximum Gasteiger partial charge on any atom is 0.0693 e. The summed E-state index contributed by atoms with van der Waals surface area (Å²) < 4.78 is 1.71. The number of aliphatic hydroxyl groups excluding tert-OH is 1. The molecule has 1 aromatic carbocycles. The fourth-order valence-corrected chi connectivity index (χ4v) is 1.95. The Balaban J connectivity index is 3.24. The van der Waals surface area contributed by atoms with Crippen molar-refractivity contribution in [1.29, 1.82) is 0 Å². The average molecular weight is 300 g/mol. The highest BCUT2D eigenvalue weighted by Crippen LogP contribution is 2.30. The van der Waals surface area contributed by atoms with Crippen LogP contribution in [0.2, 0.25) is 5.02 Å². The number of hydrogen-bond donors (Lipinski definition) is 1. The van der Waals surface area contributed by atoms with E-state index in [9.17, 15) is 0 Å². The molecule has 0 spiro atoms. The number of rotatable bonds is 1. The zero-order valence-corrected chi connectivity index (χ0v) is 9.37. The molecule has 0 radical (unpaired) electrons. The van der Waals surface area contributed by atoms with Gasteiger partial charge in [0, 0.05) is 14.0 Å². The van der Waals surface area contributed by atoms with Gasteiger partial charge in [0.15, 0.2) is 0 Å².